The zero-order valence-corrected chi connectivity index (χ0v) is 9.75. The number of hydrogen-bond acceptors (Lipinski definition) is 2. The zero-order chi connectivity index (χ0) is 10.6. The van der Waals surface area contributed by atoms with Gasteiger partial charge in [-0.1, -0.05) is 20.8 Å². The molecule has 0 aliphatic heterocycles. The van der Waals surface area contributed by atoms with E-state index < -0.39 is 0 Å². The number of carbonyl (C=O) groups excluding carboxylic acids is 1. The van der Waals surface area contributed by atoms with E-state index in [0.717, 1.165) is 38.9 Å². The van der Waals surface area contributed by atoms with E-state index in [4.69, 9.17) is 0 Å². The SMILES string of the molecule is CCN(CC(C)C)CC1CCCC1=O. The van der Waals surface area contributed by atoms with Gasteiger partial charge in [-0.3, -0.25) is 4.79 Å². The van der Waals surface area contributed by atoms with Gasteiger partial charge in [0, 0.05) is 25.4 Å². The third-order valence-corrected chi connectivity index (χ3v) is 2.98. The maximum atomic E-state index is 11.5. The molecule has 0 saturated heterocycles. The Kier molecular flexibility index (Phi) is 4.59. The number of nitrogens with zero attached hydrogens (tertiary/aromatic N) is 1. The summed E-state index contributed by atoms with van der Waals surface area (Å²) >= 11 is 0. The molecule has 0 aromatic heterocycles. The predicted molar refractivity (Wildman–Crippen MR) is 59.3 cm³/mol. The van der Waals surface area contributed by atoms with Gasteiger partial charge in [0.05, 0.1) is 0 Å². The van der Waals surface area contributed by atoms with Crippen molar-refractivity contribution in [3.63, 3.8) is 0 Å². The van der Waals surface area contributed by atoms with Crippen LogP contribution in [0.3, 0.4) is 0 Å². The van der Waals surface area contributed by atoms with Gasteiger partial charge in [0.1, 0.15) is 5.78 Å². The fraction of sp³-hybridized carbons (Fsp3) is 0.917. The Balaban J connectivity index is 2.35. The minimum absolute atomic E-state index is 0.341. The van der Waals surface area contributed by atoms with E-state index in [2.05, 4.69) is 25.7 Å². The minimum Gasteiger partial charge on any atom is -0.303 e. The highest BCUT2D eigenvalue weighted by Crippen LogP contribution is 2.22. The van der Waals surface area contributed by atoms with Gasteiger partial charge in [-0.25, -0.2) is 0 Å². The summed E-state index contributed by atoms with van der Waals surface area (Å²) in [6.07, 6.45) is 3.06. The van der Waals surface area contributed by atoms with Crippen molar-refractivity contribution in [3.8, 4) is 0 Å². The quantitative estimate of drug-likeness (QED) is 0.674. The molecule has 14 heavy (non-hydrogen) atoms. The number of Topliss-reactive ketones (excluding diaryl/α,β-unsaturated/α-hetero) is 1. The van der Waals surface area contributed by atoms with Gasteiger partial charge in [0.2, 0.25) is 0 Å². The van der Waals surface area contributed by atoms with Crippen LogP contribution >= 0.6 is 0 Å². The van der Waals surface area contributed by atoms with E-state index in [1.54, 1.807) is 0 Å². The van der Waals surface area contributed by atoms with Gasteiger partial charge in [-0.05, 0) is 25.3 Å². The Morgan fingerprint density at radius 3 is 2.64 bits per heavy atom. The molecule has 2 heteroatoms. The fourth-order valence-corrected chi connectivity index (χ4v) is 2.24. The van der Waals surface area contributed by atoms with E-state index in [1.807, 2.05) is 0 Å². The van der Waals surface area contributed by atoms with Crippen molar-refractivity contribution in [2.45, 2.75) is 40.0 Å². The molecule has 0 aromatic carbocycles. The molecule has 1 aliphatic carbocycles. The van der Waals surface area contributed by atoms with E-state index >= 15 is 0 Å². The molecule has 82 valence electrons. The first-order chi connectivity index (χ1) is 6.63. The van der Waals surface area contributed by atoms with Crippen LogP contribution in [0.2, 0.25) is 0 Å². The summed E-state index contributed by atoms with van der Waals surface area (Å²) in [7, 11) is 0. The second-order valence-electron chi connectivity index (χ2n) is 4.80. The van der Waals surface area contributed by atoms with E-state index in [0.29, 0.717) is 17.6 Å². The largest absolute Gasteiger partial charge is 0.303 e. The summed E-state index contributed by atoms with van der Waals surface area (Å²) in [5, 5.41) is 0. The summed E-state index contributed by atoms with van der Waals surface area (Å²) in [6, 6.07) is 0. The van der Waals surface area contributed by atoms with Crippen LogP contribution in [-0.2, 0) is 4.79 Å². The molecule has 0 amide bonds. The molecule has 1 saturated carbocycles. The summed E-state index contributed by atoms with van der Waals surface area (Å²) in [6.45, 7) is 9.84. The number of carbonyl (C=O) groups is 1. The summed E-state index contributed by atoms with van der Waals surface area (Å²) in [5.41, 5.74) is 0. The second-order valence-corrected chi connectivity index (χ2v) is 4.80. The van der Waals surface area contributed by atoms with Gasteiger partial charge in [0.15, 0.2) is 0 Å². The molecule has 0 spiro atoms. The summed E-state index contributed by atoms with van der Waals surface area (Å²) in [4.78, 5) is 13.9. The smallest absolute Gasteiger partial charge is 0.137 e. The Morgan fingerprint density at radius 2 is 2.21 bits per heavy atom. The fourth-order valence-electron chi connectivity index (χ4n) is 2.24. The molecule has 2 nitrogen and oxygen atoms in total. The van der Waals surface area contributed by atoms with Crippen molar-refractivity contribution >= 4 is 5.78 Å². The van der Waals surface area contributed by atoms with Crippen molar-refractivity contribution in [1.29, 1.82) is 0 Å². The average Bonchev–Trinajstić information content (AvgIpc) is 2.50. The Bertz CT molecular complexity index is 189. The normalized spacial score (nSPS) is 22.6. The van der Waals surface area contributed by atoms with Crippen LogP contribution in [0.1, 0.15) is 40.0 Å². The number of ketones is 1. The molecular formula is C12H23NO. The third kappa shape index (κ3) is 3.41. The van der Waals surface area contributed by atoms with Crippen LogP contribution in [0.25, 0.3) is 0 Å². The first-order valence-corrected chi connectivity index (χ1v) is 5.88. The van der Waals surface area contributed by atoms with Gasteiger partial charge in [0.25, 0.3) is 0 Å². The third-order valence-electron chi connectivity index (χ3n) is 2.98. The molecule has 0 radical (unpaired) electrons. The molecule has 1 aliphatic rings. The number of hydrogen-bond donors (Lipinski definition) is 0. The highest BCUT2D eigenvalue weighted by atomic mass is 16.1. The van der Waals surface area contributed by atoms with Crippen LogP contribution in [0.4, 0.5) is 0 Å². The van der Waals surface area contributed by atoms with Crippen molar-refractivity contribution in [1.82, 2.24) is 4.90 Å². The van der Waals surface area contributed by atoms with Gasteiger partial charge >= 0.3 is 0 Å². The van der Waals surface area contributed by atoms with E-state index in [9.17, 15) is 4.79 Å². The molecule has 1 rings (SSSR count). The molecule has 0 aromatic rings. The molecule has 1 fully saturated rings. The van der Waals surface area contributed by atoms with Gasteiger partial charge in [-0.15, -0.1) is 0 Å². The molecule has 0 heterocycles. The molecule has 0 bridgehead atoms. The van der Waals surface area contributed by atoms with Crippen LogP contribution in [0, 0.1) is 11.8 Å². The van der Waals surface area contributed by atoms with Crippen molar-refractivity contribution in [2.24, 2.45) is 11.8 Å². The lowest BCUT2D eigenvalue weighted by atomic mass is 10.1. The van der Waals surface area contributed by atoms with Crippen LogP contribution in [0.5, 0.6) is 0 Å². The topological polar surface area (TPSA) is 20.3 Å². The number of rotatable bonds is 5. The first-order valence-electron chi connectivity index (χ1n) is 5.88. The molecule has 0 N–H and O–H groups in total. The lowest BCUT2D eigenvalue weighted by molar-refractivity contribution is -0.121. The van der Waals surface area contributed by atoms with E-state index in [1.165, 1.54) is 0 Å². The Labute approximate surface area is 87.7 Å². The molecular weight excluding hydrogens is 174 g/mol. The molecule has 1 unspecified atom stereocenters. The van der Waals surface area contributed by atoms with Crippen molar-refractivity contribution < 1.29 is 4.79 Å². The van der Waals surface area contributed by atoms with Crippen LogP contribution in [-0.4, -0.2) is 30.3 Å². The minimum atomic E-state index is 0.341. The van der Waals surface area contributed by atoms with Crippen LogP contribution in [0.15, 0.2) is 0 Å². The Hall–Kier alpha value is -0.370. The molecule has 1 atom stereocenters. The maximum absolute atomic E-state index is 11.5. The highest BCUT2D eigenvalue weighted by Gasteiger charge is 2.25. The highest BCUT2D eigenvalue weighted by molar-refractivity contribution is 5.83. The summed E-state index contributed by atoms with van der Waals surface area (Å²) in [5.74, 6) is 1.53. The standard InChI is InChI=1S/C12H23NO/c1-4-13(8-10(2)3)9-11-6-5-7-12(11)14/h10-11H,4-9H2,1-3H3. The van der Waals surface area contributed by atoms with Crippen molar-refractivity contribution in [2.75, 3.05) is 19.6 Å². The average molecular weight is 197 g/mol. The van der Waals surface area contributed by atoms with Gasteiger partial charge < -0.3 is 4.90 Å². The lowest BCUT2D eigenvalue weighted by Crippen LogP contribution is -2.33. The van der Waals surface area contributed by atoms with Gasteiger partial charge in [-0.2, -0.15) is 0 Å². The zero-order valence-electron chi connectivity index (χ0n) is 9.75. The maximum Gasteiger partial charge on any atom is 0.137 e. The summed E-state index contributed by atoms with van der Waals surface area (Å²) < 4.78 is 0. The lowest BCUT2D eigenvalue weighted by Gasteiger charge is -2.24. The van der Waals surface area contributed by atoms with Crippen LogP contribution < -0.4 is 0 Å². The van der Waals surface area contributed by atoms with E-state index in [-0.39, 0.29) is 0 Å². The monoisotopic (exact) mass is 197 g/mol. The van der Waals surface area contributed by atoms with Crippen molar-refractivity contribution in [3.05, 3.63) is 0 Å². The predicted octanol–water partition coefficient (Wildman–Crippen LogP) is 2.33. The Morgan fingerprint density at radius 1 is 1.50 bits per heavy atom. The second kappa shape index (κ2) is 5.50. The first kappa shape index (κ1) is 11.7.